The number of carbonyl (C=O) groups is 1. The minimum Gasteiger partial charge on any atom is -0.392 e. The number of rotatable bonds is 7. The van der Waals surface area contributed by atoms with E-state index in [2.05, 4.69) is 26.8 Å². The Kier molecular flexibility index (Phi) is 6.60. The molecule has 3 heteroatoms. The third-order valence-electron chi connectivity index (χ3n) is 5.45. The van der Waals surface area contributed by atoms with Crippen LogP contribution in [0.1, 0.15) is 59.3 Å². The van der Waals surface area contributed by atoms with Gasteiger partial charge in [-0.2, -0.15) is 0 Å². The molecule has 0 bridgehead atoms. The van der Waals surface area contributed by atoms with Gasteiger partial charge in [0.15, 0.2) is 0 Å². The molecule has 2 N–H and O–H groups in total. The van der Waals surface area contributed by atoms with E-state index < -0.39 is 6.10 Å². The predicted octanol–water partition coefficient (Wildman–Crippen LogP) is 3.65. The second kappa shape index (κ2) is 8.25. The molecule has 2 saturated carbocycles. The van der Waals surface area contributed by atoms with E-state index >= 15 is 0 Å². The van der Waals surface area contributed by atoms with Gasteiger partial charge < -0.3 is 10.2 Å². The van der Waals surface area contributed by atoms with E-state index in [-0.39, 0.29) is 17.9 Å². The smallest absolute Gasteiger partial charge is 0.133 e. The topological polar surface area (TPSA) is 57.5 Å². The van der Waals surface area contributed by atoms with E-state index in [4.69, 9.17) is 0 Å². The first-order valence-electron chi connectivity index (χ1n) is 9.06. The zero-order valence-corrected chi connectivity index (χ0v) is 14.7. The van der Waals surface area contributed by atoms with E-state index in [0.29, 0.717) is 30.5 Å². The van der Waals surface area contributed by atoms with Gasteiger partial charge in [0, 0.05) is 18.8 Å². The molecule has 6 atom stereocenters. The number of aliphatic hydroxyl groups excluding tert-OH is 2. The molecule has 2 fully saturated rings. The molecule has 0 aromatic rings. The van der Waals surface area contributed by atoms with E-state index in [1.807, 2.05) is 12.2 Å². The summed E-state index contributed by atoms with van der Waals surface area (Å²) in [6, 6.07) is 0. The van der Waals surface area contributed by atoms with Crippen molar-refractivity contribution in [1.82, 2.24) is 0 Å². The van der Waals surface area contributed by atoms with Crippen LogP contribution in [-0.2, 0) is 4.79 Å². The van der Waals surface area contributed by atoms with Crippen molar-refractivity contribution in [2.45, 2.75) is 71.5 Å². The van der Waals surface area contributed by atoms with Crippen LogP contribution < -0.4 is 0 Å². The Hall–Kier alpha value is -0.930. The van der Waals surface area contributed by atoms with E-state index in [9.17, 15) is 15.0 Å². The molecule has 0 aliphatic heterocycles. The predicted molar refractivity (Wildman–Crippen MR) is 92.9 cm³/mol. The number of carbonyl (C=O) groups excluding carboxylic acids is 1. The van der Waals surface area contributed by atoms with E-state index in [1.165, 1.54) is 5.57 Å². The van der Waals surface area contributed by atoms with Crippen molar-refractivity contribution in [3.05, 3.63) is 23.8 Å². The summed E-state index contributed by atoms with van der Waals surface area (Å²) < 4.78 is 0. The minimum atomic E-state index is -0.458. The lowest BCUT2D eigenvalue weighted by Gasteiger charge is -2.18. The first kappa shape index (κ1) is 18.4. The van der Waals surface area contributed by atoms with Crippen molar-refractivity contribution in [2.24, 2.45) is 23.7 Å². The number of aliphatic hydroxyl groups is 2. The summed E-state index contributed by atoms with van der Waals surface area (Å²) in [6.45, 7) is 6.39. The maximum absolute atomic E-state index is 11.6. The number of Topliss-reactive ketones (excluding diaryl/α,β-unsaturated/α-hetero) is 1. The summed E-state index contributed by atoms with van der Waals surface area (Å²) >= 11 is 0. The van der Waals surface area contributed by atoms with Crippen LogP contribution in [0.2, 0.25) is 0 Å². The van der Waals surface area contributed by atoms with Gasteiger partial charge in [-0.1, -0.05) is 30.7 Å². The summed E-state index contributed by atoms with van der Waals surface area (Å²) in [5, 5.41) is 20.4. The Balaban J connectivity index is 1.80. The highest BCUT2D eigenvalue weighted by atomic mass is 16.3. The Morgan fingerprint density at radius 3 is 2.78 bits per heavy atom. The van der Waals surface area contributed by atoms with Crippen LogP contribution >= 0.6 is 0 Å². The zero-order valence-electron chi connectivity index (χ0n) is 14.7. The Labute approximate surface area is 140 Å². The average molecular weight is 320 g/mol. The van der Waals surface area contributed by atoms with Crippen LogP contribution in [0, 0.1) is 23.7 Å². The highest BCUT2D eigenvalue weighted by Gasteiger charge is 2.46. The average Bonchev–Trinajstić information content (AvgIpc) is 2.91. The molecule has 0 saturated heterocycles. The fourth-order valence-electron chi connectivity index (χ4n) is 4.21. The Morgan fingerprint density at radius 2 is 2.09 bits per heavy atom. The highest BCUT2D eigenvalue weighted by molar-refractivity contribution is 5.81. The van der Waals surface area contributed by atoms with E-state index in [0.717, 1.165) is 25.7 Å². The summed E-state index contributed by atoms with van der Waals surface area (Å²) in [6.07, 6.45) is 10.1. The van der Waals surface area contributed by atoms with Crippen LogP contribution in [-0.4, -0.2) is 28.2 Å². The zero-order chi connectivity index (χ0) is 17.0. The fourth-order valence-corrected chi connectivity index (χ4v) is 4.21. The van der Waals surface area contributed by atoms with Crippen LogP contribution in [0.5, 0.6) is 0 Å². The van der Waals surface area contributed by atoms with Crippen LogP contribution in [0.25, 0.3) is 0 Å². The molecule has 130 valence electrons. The molecule has 0 amide bonds. The van der Waals surface area contributed by atoms with Crippen LogP contribution in [0.3, 0.4) is 0 Å². The van der Waals surface area contributed by atoms with Crippen molar-refractivity contribution >= 4 is 5.78 Å². The lowest BCUT2D eigenvalue weighted by Crippen LogP contribution is -2.18. The molecule has 2 aliphatic carbocycles. The van der Waals surface area contributed by atoms with Crippen molar-refractivity contribution in [3.63, 3.8) is 0 Å². The minimum absolute atomic E-state index is 0.0436. The first-order valence-corrected chi connectivity index (χ1v) is 9.06. The summed E-state index contributed by atoms with van der Waals surface area (Å²) in [4.78, 5) is 11.6. The fraction of sp³-hybridized carbons (Fsp3) is 0.750. The third kappa shape index (κ3) is 5.29. The van der Waals surface area contributed by atoms with Gasteiger partial charge in [-0.3, -0.25) is 4.79 Å². The summed E-state index contributed by atoms with van der Waals surface area (Å²) in [7, 11) is 0. The van der Waals surface area contributed by atoms with Crippen molar-refractivity contribution in [1.29, 1.82) is 0 Å². The van der Waals surface area contributed by atoms with Gasteiger partial charge in [0.1, 0.15) is 5.78 Å². The largest absolute Gasteiger partial charge is 0.392 e. The molecule has 23 heavy (non-hydrogen) atoms. The Bertz CT molecular complexity index is 462. The molecule has 0 aromatic heterocycles. The number of ketones is 1. The normalized spacial score (nSPS) is 33.0. The number of fused-ring (bicyclic) bond motifs is 1. The monoisotopic (exact) mass is 320 g/mol. The van der Waals surface area contributed by atoms with Gasteiger partial charge in [-0.25, -0.2) is 0 Å². The maximum Gasteiger partial charge on any atom is 0.133 e. The number of hydrogen-bond donors (Lipinski definition) is 2. The molecule has 0 spiro atoms. The van der Waals surface area contributed by atoms with Gasteiger partial charge in [-0.15, -0.1) is 0 Å². The molecule has 0 aromatic carbocycles. The van der Waals surface area contributed by atoms with E-state index in [1.54, 1.807) is 0 Å². The number of allylic oxidation sites excluding steroid dienone is 2. The molecule has 2 rings (SSSR count). The highest BCUT2D eigenvalue weighted by Crippen LogP contribution is 2.46. The molecule has 3 nitrogen and oxygen atoms in total. The quantitative estimate of drug-likeness (QED) is 0.704. The second-order valence-corrected chi connectivity index (χ2v) is 7.90. The molecule has 2 aliphatic rings. The SMILES string of the molecule is CC(C)=CCC[C@@H](C)C[C@H](O)/C=C/[C@@H]1[C@H]2CC(=O)C[C@H]2C[C@H]1O. The maximum atomic E-state index is 11.6. The van der Waals surface area contributed by atoms with Gasteiger partial charge in [0.05, 0.1) is 12.2 Å². The molecule has 0 unspecified atom stereocenters. The van der Waals surface area contributed by atoms with Gasteiger partial charge >= 0.3 is 0 Å². The molecular formula is C20H32O3. The lowest BCUT2D eigenvalue weighted by atomic mass is 9.90. The molecule has 0 radical (unpaired) electrons. The third-order valence-corrected chi connectivity index (χ3v) is 5.45. The van der Waals surface area contributed by atoms with Gasteiger partial charge in [0.2, 0.25) is 0 Å². The first-order chi connectivity index (χ1) is 10.9. The van der Waals surface area contributed by atoms with Gasteiger partial charge in [-0.05, 0) is 57.3 Å². The van der Waals surface area contributed by atoms with Crippen LogP contribution in [0.4, 0.5) is 0 Å². The summed E-state index contributed by atoms with van der Waals surface area (Å²) in [5.74, 6) is 1.49. The van der Waals surface area contributed by atoms with Crippen molar-refractivity contribution < 1.29 is 15.0 Å². The molecular weight excluding hydrogens is 288 g/mol. The van der Waals surface area contributed by atoms with Gasteiger partial charge in [0.25, 0.3) is 0 Å². The molecule has 0 heterocycles. The standard InChI is InChI=1S/C20H32O3/c1-13(2)5-4-6-14(3)9-16(21)7-8-18-19-12-17(22)10-15(19)11-20(18)23/h5,7-8,14-16,18-21,23H,4,6,9-12H2,1-3H3/b8-7+/t14-,15+,16-,18-,19+,20-/m1/s1. The van der Waals surface area contributed by atoms with Crippen molar-refractivity contribution in [3.8, 4) is 0 Å². The lowest BCUT2D eigenvalue weighted by molar-refractivity contribution is -0.118. The second-order valence-electron chi connectivity index (χ2n) is 7.90. The number of hydrogen-bond acceptors (Lipinski definition) is 3. The Morgan fingerprint density at radius 1 is 1.35 bits per heavy atom. The van der Waals surface area contributed by atoms with Crippen molar-refractivity contribution in [2.75, 3.05) is 0 Å². The van der Waals surface area contributed by atoms with Crippen LogP contribution in [0.15, 0.2) is 23.8 Å². The summed E-state index contributed by atoms with van der Waals surface area (Å²) in [5.41, 5.74) is 1.34.